The van der Waals surface area contributed by atoms with Crippen LogP contribution in [0.25, 0.3) is 10.4 Å². The van der Waals surface area contributed by atoms with E-state index in [0.717, 1.165) is 10.4 Å². The summed E-state index contributed by atoms with van der Waals surface area (Å²) in [7, 11) is 0. The van der Waals surface area contributed by atoms with Gasteiger partial charge in [0, 0.05) is 15.6 Å². The van der Waals surface area contributed by atoms with Crippen molar-refractivity contribution in [1.29, 1.82) is 0 Å². The molecule has 2 aromatic carbocycles. The molecule has 1 aromatic heterocycles. The van der Waals surface area contributed by atoms with Crippen molar-refractivity contribution < 1.29 is 9.59 Å². The Labute approximate surface area is 153 Å². The Morgan fingerprint density at radius 3 is 2.28 bits per heavy atom. The lowest BCUT2D eigenvalue weighted by Crippen LogP contribution is -2.21. The standard InChI is InChI=1S/C18H14ClN3O2S/c19-12-6-8-13(9-7-12)21-18(24)22-17-14(16(20)23)10-15(25-17)11-4-2-1-3-5-11/h1-10H,(H2,20,23)(H2,21,22,24). The summed E-state index contributed by atoms with van der Waals surface area (Å²) >= 11 is 7.10. The minimum absolute atomic E-state index is 0.273. The quantitative estimate of drug-likeness (QED) is 0.614. The van der Waals surface area contributed by atoms with Gasteiger partial charge in [0.05, 0.1) is 5.56 Å². The van der Waals surface area contributed by atoms with Crippen LogP contribution in [-0.4, -0.2) is 11.9 Å². The van der Waals surface area contributed by atoms with Crippen molar-refractivity contribution in [3.8, 4) is 10.4 Å². The third-order valence-corrected chi connectivity index (χ3v) is 4.74. The van der Waals surface area contributed by atoms with Crippen LogP contribution >= 0.6 is 22.9 Å². The van der Waals surface area contributed by atoms with E-state index in [9.17, 15) is 9.59 Å². The fourth-order valence-corrected chi connectivity index (χ4v) is 3.40. The lowest BCUT2D eigenvalue weighted by molar-refractivity contribution is 0.100. The number of halogens is 1. The average molecular weight is 372 g/mol. The van der Waals surface area contributed by atoms with Gasteiger partial charge in [-0.3, -0.25) is 10.1 Å². The number of nitrogens with two attached hydrogens (primary N) is 1. The second kappa shape index (κ2) is 7.38. The number of anilines is 2. The van der Waals surface area contributed by atoms with Gasteiger partial charge in [0.15, 0.2) is 0 Å². The lowest BCUT2D eigenvalue weighted by Gasteiger charge is -2.07. The number of thiophene rings is 1. The van der Waals surface area contributed by atoms with E-state index in [2.05, 4.69) is 10.6 Å². The summed E-state index contributed by atoms with van der Waals surface area (Å²) in [5, 5.41) is 6.34. The zero-order valence-corrected chi connectivity index (χ0v) is 14.5. The molecule has 0 aliphatic rings. The van der Waals surface area contributed by atoms with Crippen molar-refractivity contribution in [3.63, 3.8) is 0 Å². The van der Waals surface area contributed by atoms with E-state index in [1.165, 1.54) is 11.3 Å². The Morgan fingerprint density at radius 1 is 0.960 bits per heavy atom. The number of amides is 3. The second-order valence-electron chi connectivity index (χ2n) is 5.17. The minimum Gasteiger partial charge on any atom is -0.366 e. The maximum Gasteiger partial charge on any atom is 0.324 e. The molecule has 7 heteroatoms. The second-order valence-corrected chi connectivity index (χ2v) is 6.66. The van der Waals surface area contributed by atoms with E-state index >= 15 is 0 Å². The van der Waals surface area contributed by atoms with Gasteiger partial charge in [-0.1, -0.05) is 41.9 Å². The summed E-state index contributed by atoms with van der Waals surface area (Å²) in [6, 6.07) is 17.5. The largest absolute Gasteiger partial charge is 0.366 e. The average Bonchev–Trinajstić information content (AvgIpc) is 3.02. The maximum absolute atomic E-state index is 12.2. The molecular weight excluding hydrogens is 358 g/mol. The highest BCUT2D eigenvalue weighted by Crippen LogP contribution is 2.35. The van der Waals surface area contributed by atoms with Gasteiger partial charge >= 0.3 is 6.03 Å². The van der Waals surface area contributed by atoms with Crippen LogP contribution in [-0.2, 0) is 0 Å². The van der Waals surface area contributed by atoms with Gasteiger partial charge < -0.3 is 11.1 Å². The molecule has 3 rings (SSSR count). The molecule has 0 bridgehead atoms. The first-order valence-electron chi connectivity index (χ1n) is 7.35. The van der Waals surface area contributed by atoms with Gasteiger partial charge in [-0.2, -0.15) is 0 Å². The van der Waals surface area contributed by atoms with E-state index in [1.807, 2.05) is 30.3 Å². The molecule has 0 radical (unpaired) electrons. The van der Waals surface area contributed by atoms with Crippen LogP contribution in [0.2, 0.25) is 5.02 Å². The summed E-state index contributed by atoms with van der Waals surface area (Å²) in [5.41, 5.74) is 7.24. The minimum atomic E-state index is -0.597. The summed E-state index contributed by atoms with van der Waals surface area (Å²) in [6.07, 6.45) is 0. The monoisotopic (exact) mass is 371 g/mol. The third-order valence-electron chi connectivity index (χ3n) is 3.38. The molecule has 0 aliphatic heterocycles. The summed E-state index contributed by atoms with van der Waals surface area (Å²) < 4.78 is 0. The number of hydrogen-bond acceptors (Lipinski definition) is 3. The van der Waals surface area contributed by atoms with Gasteiger partial charge in [-0.25, -0.2) is 4.79 Å². The van der Waals surface area contributed by atoms with Crippen molar-refractivity contribution >= 4 is 45.6 Å². The molecule has 4 N–H and O–H groups in total. The van der Waals surface area contributed by atoms with Crippen molar-refractivity contribution in [2.24, 2.45) is 5.73 Å². The van der Waals surface area contributed by atoms with Crippen molar-refractivity contribution in [2.45, 2.75) is 0 Å². The number of carbonyl (C=O) groups is 2. The molecule has 126 valence electrons. The predicted molar refractivity (Wildman–Crippen MR) is 102 cm³/mol. The van der Waals surface area contributed by atoms with E-state index in [4.69, 9.17) is 17.3 Å². The van der Waals surface area contributed by atoms with E-state index < -0.39 is 11.9 Å². The lowest BCUT2D eigenvalue weighted by atomic mass is 10.1. The molecule has 0 saturated heterocycles. The highest BCUT2D eigenvalue weighted by atomic mass is 35.5. The highest BCUT2D eigenvalue weighted by Gasteiger charge is 2.16. The molecule has 0 atom stereocenters. The molecule has 0 unspecified atom stereocenters. The van der Waals surface area contributed by atoms with E-state index in [1.54, 1.807) is 30.3 Å². The first-order chi connectivity index (χ1) is 12.0. The number of hydrogen-bond donors (Lipinski definition) is 3. The van der Waals surface area contributed by atoms with Crippen molar-refractivity contribution in [1.82, 2.24) is 0 Å². The number of nitrogens with one attached hydrogen (secondary N) is 2. The molecule has 3 amide bonds. The smallest absolute Gasteiger partial charge is 0.324 e. The van der Waals surface area contributed by atoms with Crippen LogP contribution in [0.1, 0.15) is 10.4 Å². The zero-order chi connectivity index (χ0) is 17.8. The normalized spacial score (nSPS) is 10.3. The van der Waals surface area contributed by atoms with Crippen LogP contribution in [0.3, 0.4) is 0 Å². The van der Waals surface area contributed by atoms with Crippen LogP contribution in [0.15, 0.2) is 60.7 Å². The Kier molecular flexibility index (Phi) is 5.02. The molecule has 5 nitrogen and oxygen atoms in total. The molecule has 0 spiro atoms. The Balaban J connectivity index is 1.81. The molecule has 3 aromatic rings. The number of primary amides is 1. The molecule has 0 fully saturated rings. The first-order valence-corrected chi connectivity index (χ1v) is 8.55. The van der Waals surface area contributed by atoms with Crippen LogP contribution in [0.4, 0.5) is 15.5 Å². The number of rotatable bonds is 4. The fourth-order valence-electron chi connectivity index (χ4n) is 2.21. The van der Waals surface area contributed by atoms with E-state index in [-0.39, 0.29) is 5.56 Å². The molecule has 25 heavy (non-hydrogen) atoms. The SMILES string of the molecule is NC(=O)c1cc(-c2ccccc2)sc1NC(=O)Nc1ccc(Cl)cc1. The molecule has 0 aliphatic carbocycles. The number of urea groups is 1. The van der Waals surface area contributed by atoms with Crippen molar-refractivity contribution in [2.75, 3.05) is 10.6 Å². The Morgan fingerprint density at radius 2 is 1.64 bits per heavy atom. The molecular formula is C18H14ClN3O2S. The Bertz CT molecular complexity index is 908. The molecule has 1 heterocycles. The topological polar surface area (TPSA) is 84.2 Å². The van der Waals surface area contributed by atoms with Gasteiger partial charge in [-0.15, -0.1) is 11.3 Å². The van der Waals surface area contributed by atoms with Crippen LogP contribution in [0.5, 0.6) is 0 Å². The third kappa shape index (κ3) is 4.17. The van der Waals surface area contributed by atoms with Gasteiger partial charge in [0.2, 0.25) is 0 Å². The fraction of sp³-hybridized carbons (Fsp3) is 0. The number of carbonyl (C=O) groups excluding carboxylic acids is 2. The first kappa shape index (κ1) is 17.0. The molecule has 0 saturated carbocycles. The maximum atomic E-state index is 12.2. The highest BCUT2D eigenvalue weighted by molar-refractivity contribution is 7.20. The summed E-state index contributed by atoms with van der Waals surface area (Å²) in [6.45, 7) is 0. The van der Waals surface area contributed by atoms with Gasteiger partial charge in [0.25, 0.3) is 5.91 Å². The summed E-state index contributed by atoms with van der Waals surface area (Å²) in [4.78, 5) is 24.7. The zero-order valence-electron chi connectivity index (χ0n) is 13.0. The van der Waals surface area contributed by atoms with E-state index in [0.29, 0.717) is 15.7 Å². The van der Waals surface area contributed by atoms with Crippen molar-refractivity contribution in [3.05, 3.63) is 71.2 Å². The van der Waals surface area contributed by atoms with Crippen LogP contribution in [0, 0.1) is 0 Å². The summed E-state index contributed by atoms with van der Waals surface area (Å²) in [5.74, 6) is -0.597. The van der Waals surface area contributed by atoms with Gasteiger partial charge in [-0.05, 0) is 35.9 Å². The Hall–Kier alpha value is -2.83. The van der Waals surface area contributed by atoms with Crippen LogP contribution < -0.4 is 16.4 Å². The predicted octanol–water partition coefficient (Wildman–Crippen LogP) is 4.81. The number of benzene rings is 2. The van der Waals surface area contributed by atoms with Gasteiger partial charge in [0.1, 0.15) is 5.00 Å².